The predicted octanol–water partition coefficient (Wildman–Crippen LogP) is 2.72. The fourth-order valence-corrected chi connectivity index (χ4v) is 3.75. The van der Waals surface area contributed by atoms with Crippen LogP contribution in [0.25, 0.3) is 0 Å². The van der Waals surface area contributed by atoms with Crippen LogP contribution >= 0.6 is 11.8 Å². The lowest BCUT2D eigenvalue weighted by Crippen LogP contribution is -2.51. The summed E-state index contributed by atoms with van der Waals surface area (Å²) >= 11 is 1.71. The first-order chi connectivity index (χ1) is 9.78. The minimum Gasteiger partial charge on any atom is -0.293 e. The standard InChI is InChI=1S/C16H22N2OS/c1-20-14-7-5-13(6-8-14)15(19)12-18-11-3-10-17-9-2-4-16(17)18/h5-8,16H,2-4,9-12H2,1H3. The first kappa shape index (κ1) is 14.1. The van der Waals surface area contributed by atoms with E-state index in [0.29, 0.717) is 12.7 Å². The van der Waals surface area contributed by atoms with E-state index >= 15 is 0 Å². The number of carbonyl (C=O) groups excluding carboxylic acids is 1. The third kappa shape index (κ3) is 2.92. The number of thioether (sulfide) groups is 1. The highest BCUT2D eigenvalue weighted by Gasteiger charge is 2.33. The summed E-state index contributed by atoms with van der Waals surface area (Å²) in [5.74, 6) is 0.256. The molecule has 2 aliphatic rings. The molecule has 0 N–H and O–H groups in total. The molecule has 0 bridgehead atoms. The van der Waals surface area contributed by atoms with Crippen molar-refractivity contribution in [3.63, 3.8) is 0 Å². The second kappa shape index (κ2) is 6.29. The van der Waals surface area contributed by atoms with Crippen LogP contribution in [0.15, 0.2) is 29.2 Å². The van der Waals surface area contributed by atoms with E-state index in [1.807, 2.05) is 24.3 Å². The number of benzene rings is 1. The van der Waals surface area contributed by atoms with Crippen molar-refractivity contribution in [2.24, 2.45) is 0 Å². The van der Waals surface area contributed by atoms with Crippen LogP contribution in [-0.2, 0) is 0 Å². The van der Waals surface area contributed by atoms with Gasteiger partial charge >= 0.3 is 0 Å². The van der Waals surface area contributed by atoms with E-state index in [0.717, 1.165) is 12.1 Å². The maximum Gasteiger partial charge on any atom is 0.176 e. The van der Waals surface area contributed by atoms with Crippen molar-refractivity contribution in [2.75, 3.05) is 32.4 Å². The zero-order chi connectivity index (χ0) is 13.9. The molecule has 1 unspecified atom stereocenters. The quantitative estimate of drug-likeness (QED) is 0.628. The summed E-state index contributed by atoms with van der Waals surface area (Å²) in [4.78, 5) is 18.6. The van der Waals surface area contributed by atoms with Gasteiger partial charge in [-0.05, 0) is 44.2 Å². The maximum atomic E-state index is 12.4. The van der Waals surface area contributed by atoms with Crippen LogP contribution in [0.5, 0.6) is 0 Å². The molecule has 2 fully saturated rings. The Morgan fingerprint density at radius 2 is 1.95 bits per heavy atom. The van der Waals surface area contributed by atoms with Gasteiger partial charge in [0.1, 0.15) is 0 Å². The van der Waals surface area contributed by atoms with E-state index in [1.165, 1.54) is 37.2 Å². The molecule has 3 nitrogen and oxygen atoms in total. The smallest absolute Gasteiger partial charge is 0.176 e. The SMILES string of the molecule is CSc1ccc(C(=O)CN2CCCN3CCCC32)cc1. The summed E-state index contributed by atoms with van der Waals surface area (Å²) in [5.41, 5.74) is 0.845. The third-order valence-corrected chi connectivity index (χ3v) is 5.14. The van der Waals surface area contributed by atoms with Crippen LogP contribution < -0.4 is 0 Å². The Balaban J connectivity index is 1.65. The van der Waals surface area contributed by atoms with E-state index in [1.54, 1.807) is 11.8 Å². The van der Waals surface area contributed by atoms with Gasteiger partial charge in [0.15, 0.2) is 5.78 Å². The van der Waals surface area contributed by atoms with Crippen molar-refractivity contribution in [3.8, 4) is 0 Å². The van der Waals surface area contributed by atoms with E-state index in [2.05, 4.69) is 16.1 Å². The van der Waals surface area contributed by atoms with Crippen LogP contribution in [0.2, 0.25) is 0 Å². The molecule has 1 aromatic carbocycles. The maximum absolute atomic E-state index is 12.4. The molecule has 2 aliphatic heterocycles. The van der Waals surface area contributed by atoms with Crippen molar-refractivity contribution in [3.05, 3.63) is 29.8 Å². The van der Waals surface area contributed by atoms with Gasteiger partial charge in [0.2, 0.25) is 0 Å². The molecular formula is C16H22N2OS. The number of hydrogen-bond acceptors (Lipinski definition) is 4. The summed E-state index contributed by atoms with van der Waals surface area (Å²) in [6.07, 6.45) is 6.25. The van der Waals surface area contributed by atoms with Crippen molar-refractivity contribution < 1.29 is 4.79 Å². The third-order valence-electron chi connectivity index (χ3n) is 4.40. The zero-order valence-electron chi connectivity index (χ0n) is 12.0. The lowest BCUT2D eigenvalue weighted by molar-refractivity contribution is 0.0338. The average molecular weight is 290 g/mol. The van der Waals surface area contributed by atoms with E-state index in [4.69, 9.17) is 0 Å². The Morgan fingerprint density at radius 3 is 2.70 bits per heavy atom. The van der Waals surface area contributed by atoms with Crippen LogP contribution in [0, 0.1) is 0 Å². The zero-order valence-corrected chi connectivity index (χ0v) is 12.9. The second-order valence-corrected chi connectivity index (χ2v) is 6.51. The van der Waals surface area contributed by atoms with Crippen LogP contribution in [0.4, 0.5) is 0 Å². The molecule has 3 rings (SSSR count). The van der Waals surface area contributed by atoms with Crippen molar-refractivity contribution in [1.29, 1.82) is 0 Å². The summed E-state index contributed by atoms with van der Waals surface area (Å²) < 4.78 is 0. The van der Waals surface area contributed by atoms with Crippen LogP contribution in [0.3, 0.4) is 0 Å². The van der Waals surface area contributed by atoms with Gasteiger partial charge in [-0.15, -0.1) is 11.8 Å². The van der Waals surface area contributed by atoms with Gasteiger partial charge < -0.3 is 0 Å². The summed E-state index contributed by atoms with van der Waals surface area (Å²) in [6.45, 7) is 4.05. The molecule has 0 radical (unpaired) electrons. The highest BCUT2D eigenvalue weighted by molar-refractivity contribution is 7.98. The first-order valence-corrected chi connectivity index (χ1v) is 8.66. The molecule has 2 saturated heterocycles. The van der Waals surface area contributed by atoms with Crippen molar-refractivity contribution in [1.82, 2.24) is 9.80 Å². The Morgan fingerprint density at radius 1 is 1.20 bits per heavy atom. The predicted molar refractivity (Wildman–Crippen MR) is 83.3 cm³/mol. The van der Waals surface area contributed by atoms with Crippen LogP contribution in [-0.4, -0.2) is 54.2 Å². The number of carbonyl (C=O) groups is 1. The molecule has 0 spiro atoms. The minimum atomic E-state index is 0.256. The van der Waals surface area contributed by atoms with Gasteiger partial charge in [-0.1, -0.05) is 12.1 Å². The Hall–Kier alpha value is -0.840. The Bertz CT molecular complexity index is 474. The number of hydrogen-bond donors (Lipinski definition) is 0. The second-order valence-electron chi connectivity index (χ2n) is 5.63. The molecule has 20 heavy (non-hydrogen) atoms. The van der Waals surface area contributed by atoms with Crippen molar-refractivity contribution >= 4 is 17.5 Å². The van der Waals surface area contributed by atoms with Gasteiger partial charge in [-0.2, -0.15) is 0 Å². The molecule has 0 saturated carbocycles. The number of ketones is 1. The molecular weight excluding hydrogens is 268 g/mol. The topological polar surface area (TPSA) is 23.6 Å². The molecule has 0 amide bonds. The number of nitrogens with zero attached hydrogens (tertiary/aromatic N) is 2. The highest BCUT2D eigenvalue weighted by Crippen LogP contribution is 2.25. The van der Waals surface area contributed by atoms with Gasteiger partial charge in [0.25, 0.3) is 0 Å². The van der Waals surface area contributed by atoms with Gasteiger partial charge in [0, 0.05) is 23.5 Å². The lowest BCUT2D eigenvalue weighted by atomic mass is 10.1. The largest absolute Gasteiger partial charge is 0.293 e. The van der Waals surface area contributed by atoms with Crippen LogP contribution in [0.1, 0.15) is 29.6 Å². The monoisotopic (exact) mass is 290 g/mol. The summed E-state index contributed by atoms with van der Waals surface area (Å²) in [5, 5.41) is 0. The molecule has 108 valence electrons. The normalized spacial score (nSPS) is 23.8. The number of fused-ring (bicyclic) bond motifs is 1. The Kier molecular flexibility index (Phi) is 4.44. The molecule has 4 heteroatoms. The lowest BCUT2D eigenvalue weighted by Gasteiger charge is -2.39. The minimum absolute atomic E-state index is 0.256. The average Bonchev–Trinajstić information content (AvgIpc) is 2.97. The first-order valence-electron chi connectivity index (χ1n) is 7.43. The Labute approximate surface area is 125 Å². The molecule has 1 aromatic rings. The number of rotatable bonds is 4. The molecule has 1 atom stereocenters. The molecule has 2 heterocycles. The highest BCUT2D eigenvalue weighted by atomic mass is 32.2. The van der Waals surface area contributed by atoms with Gasteiger partial charge in [-0.3, -0.25) is 14.6 Å². The fourth-order valence-electron chi connectivity index (χ4n) is 3.35. The summed E-state index contributed by atoms with van der Waals surface area (Å²) in [7, 11) is 0. The van der Waals surface area contributed by atoms with E-state index < -0.39 is 0 Å². The van der Waals surface area contributed by atoms with Crippen molar-refractivity contribution in [2.45, 2.75) is 30.3 Å². The van der Waals surface area contributed by atoms with E-state index in [-0.39, 0.29) is 5.78 Å². The van der Waals surface area contributed by atoms with Gasteiger partial charge in [0.05, 0.1) is 12.7 Å². The number of Topliss-reactive ketones (excluding diaryl/α,β-unsaturated/α-hetero) is 1. The molecule has 0 aromatic heterocycles. The van der Waals surface area contributed by atoms with Gasteiger partial charge in [-0.25, -0.2) is 0 Å². The molecule has 0 aliphatic carbocycles. The van der Waals surface area contributed by atoms with E-state index in [9.17, 15) is 4.79 Å². The fraction of sp³-hybridized carbons (Fsp3) is 0.562. The summed E-state index contributed by atoms with van der Waals surface area (Å²) in [6, 6.07) is 8.00.